The molecule has 0 aliphatic rings. The normalized spacial score (nSPS) is 10.7. The van der Waals surface area contributed by atoms with E-state index in [0.29, 0.717) is 6.54 Å². The molecule has 0 saturated carbocycles. The summed E-state index contributed by atoms with van der Waals surface area (Å²) >= 11 is 1.68. The van der Waals surface area contributed by atoms with E-state index in [-0.39, 0.29) is 5.91 Å². The Morgan fingerprint density at radius 1 is 1.22 bits per heavy atom. The summed E-state index contributed by atoms with van der Waals surface area (Å²) in [4.78, 5) is 13.6. The summed E-state index contributed by atoms with van der Waals surface area (Å²) in [5, 5.41) is 2.73. The van der Waals surface area contributed by atoms with Gasteiger partial charge in [0, 0.05) is 22.4 Å². The van der Waals surface area contributed by atoms with Gasteiger partial charge in [-0.3, -0.25) is 4.79 Å². The molecule has 1 amide bonds. The lowest BCUT2D eigenvalue weighted by Gasteiger charge is -1.94. The fourth-order valence-electron chi connectivity index (χ4n) is 1.59. The minimum absolute atomic E-state index is 0.0489. The van der Waals surface area contributed by atoms with Gasteiger partial charge in [0.05, 0.1) is 0 Å². The Kier molecular flexibility index (Phi) is 4.31. The Morgan fingerprint density at radius 2 is 2.00 bits per heavy atom. The van der Waals surface area contributed by atoms with Gasteiger partial charge in [-0.1, -0.05) is 30.3 Å². The van der Waals surface area contributed by atoms with Gasteiger partial charge >= 0.3 is 0 Å². The summed E-state index contributed by atoms with van der Waals surface area (Å²) in [7, 11) is 0. The molecule has 0 aliphatic carbocycles. The number of benzene rings is 1. The summed E-state index contributed by atoms with van der Waals surface area (Å²) in [6.45, 7) is 2.56. The number of carbonyl (C=O) groups is 1. The highest BCUT2D eigenvalue weighted by molar-refractivity contribution is 7.16. The third-order valence-corrected chi connectivity index (χ3v) is 3.53. The van der Waals surface area contributed by atoms with Gasteiger partial charge in [0.15, 0.2) is 0 Å². The molecule has 0 fully saturated rings. The van der Waals surface area contributed by atoms with Crippen molar-refractivity contribution in [3.63, 3.8) is 0 Å². The molecule has 0 unspecified atom stereocenters. The number of nitrogens with one attached hydrogen (secondary N) is 1. The molecule has 92 valence electrons. The third-order valence-electron chi connectivity index (χ3n) is 2.44. The molecule has 1 N–H and O–H groups in total. The average molecular weight is 257 g/mol. The van der Waals surface area contributed by atoms with Gasteiger partial charge in [0.2, 0.25) is 5.91 Å². The van der Waals surface area contributed by atoms with Crippen LogP contribution in [-0.4, -0.2) is 12.5 Å². The Bertz CT molecular complexity index is 543. The maximum absolute atomic E-state index is 11.3. The average Bonchev–Trinajstić information content (AvgIpc) is 2.87. The first kappa shape index (κ1) is 12.6. The number of amides is 1. The second kappa shape index (κ2) is 6.17. The van der Waals surface area contributed by atoms with Gasteiger partial charge in [-0.05, 0) is 30.7 Å². The molecule has 0 radical (unpaired) electrons. The molecule has 2 nitrogen and oxygen atoms in total. The Balaban J connectivity index is 2.09. The van der Waals surface area contributed by atoms with Crippen molar-refractivity contribution in [2.45, 2.75) is 6.92 Å². The second-order valence-electron chi connectivity index (χ2n) is 3.80. The van der Waals surface area contributed by atoms with E-state index in [9.17, 15) is 4.79 Å². The van der Waals surface area contributed by atoms with Gasteiger partial charge in [-0.2, -0.15) is 0 Å². The van der Waals surface area contributed by atoms with E-state index in [1.807, 2.05) is 37.3 Å². The number of hydrogen-bond donors (Lipinski definition) is 1. The van der Waals surface area contributed by atoms with Crippen LogP contribution in [0, 0.1) is 0 Å². The zero-order valence-corrected chi connectivity index (χ0v) is 11.0. The summed E-state index contributed by atoms with van der Waals surface area (Å²) in [5.41, 5.74) is 1.21. The van der Waals surface area contributed by atoms with Crippen LogP contribution >= 0.6 is 11.3 Å². The van der Waals surface area contributed by atoms with Gasteiger partial charge in [-0.25, -0.2) is 0 Å². The molecular weight excluding hydrogens is 242 g/mol. The van der Waals surface area contributed by atoms with Crippen molar-refractivity contribution in [1.82, 2.24) is 5.32 Å². The zero-order valence-electron chi connectivity index (χ0n) is 10.2. The lowest BCUT2D eigenvalue weighted by atomic mass is 10.2. The van der Waals surface area contributed by atoms with Gasteiger partial charge in [0.25, 0.3) is 0 Å². The molecule has 18 heavy (non-hydrogen) atoms. The minimum Gasteiger partial charge on any atom is -0.353 e. The highest BCUT2D eigenvalue weighted by Crippen LogP contribution is 2.28. The van der Waals surface area contributed by atoms with Gasteiger partial charge in [-0.15, -0.1) is 11.3 Å². The Labute approximate surface area is 111 Å². The number of likely N-dealkylation sites (N-methyl/N-ethyl adjacent to an activating group) is 1. The molecule has 0 aliphatic heterocycles. The molecule has 0 spiro atoms. The number of hydrogen-bond acceptors (Lipinski definition) is 2. The smallest absolute Gasteiger partial charge is 0.244 e. The van der Waals surface area contributed by atoms with Crippen molar-refractivity contribution < 1.29 is 4.79 Å². The highest BCUT2D eigenvalue weighted by atomic mass is 32.1. The summed E-state index contributed by atoms with van der Waals surface area (Å²) < 4.78 is 0. The van der Waals surface area contributed by atoms with Crippen LogP contribution in [-0.2, 0) is 4.79 Å². The van der Waals surface area contributed by atoms with Crippen molar-refractivity contribution >= 4 is 23.3 Å². The highest BCUT2D eigenvalue weighted by Gasteiger charge is 2.00. The molecule has 1 aromatic heterocycles. The van der Waals surface area contributed by atoms with Crippen LogP contribution in [0.4, 0.5) is 0 Å². The number of carbonyl (C=O) groups excluding carboxylic acids is 1. The van der Waals surface area contributed by atoms with E-state index in [0.717, 1.165) is 4.88 Å². The molecule has 1 aromatic carbocycles. The van der Waals surface area contributed by atoms with E-state index in [1.54, 1.807) is 17.4 Å². The lowest BCUT2D eigenvalue weighted by Crippen LogP contribution is -2.19. The quantitative estimate of drug-likeness (QED) is 0.834. The maximum atomic E-state index is 11.3. The van der Waals surface area contributed by atoms with Crippen LogP contribution < -0.4 is 5.32 Å². The number of rotatable bonds is 4. The van der Waals surface area contributed by atoms with E-state index in [4.69, 9.17) is 0 Å². The molecule has 0 bridgehead atoms. The molecular formula is C15H15NOS. The molecule has 2 rings (SSSR count). The first-order chi connectivity index (χ1) is 8.79. The van der Waals surface area contributed by atoms with Crippen LogP contribution in [0.2, 0.25) is 0 Å². The van der Waals surface area contributed by atoms with Crippen molar-refractivity contribution in [2.75, 3.05) is 6.54 Å². The van der Waals surface area contributed by atoms with Gasteiger partial charge in [0.1, 0.15) is 0 Å². The van der Waals surface area contributed by atoms with E-state index < -0.39 is 0 Å². The minimum atomic E-state index is -0.0489. The fourth-order valence-corrected chi connectivity index (χ4v) is 2.51. The van der Waals surface area contributed by atoms with Crippen molar-refractivity contribution in [2.24, 2.45) is 0 Å². The Hall–Kier alpha value is -1.87. The van der Waals surface area contributed by atoms with Crippen molar-refractivity contribution in [3.8, 4) is 10.4 Å². The largest absolute Gasteiger partial charge is 0.353 e. The summed E-state index contributed by atoms with van der Waals surface area (Å²) in [5.74, 6) is -0.0489. The predicted molar refractivity (Wildman–Crippen MR) is 77.5 cm³/mol. The van der Waals surface area contributed by atoms with E-state index in [1.165, 1.54) is 10.4 Å². The number of thiophene rings is 1. The molecule has 3 heteroatoms. The van der Waals surface area contributed by atoms with Crippen LogP contribution in [0.25, 0.3) is 16.5 Å². The summed E-state index contributed by atoms with van der Waals surface area (Å²) in [6, 6.07) is 14.3. The second-order valence-corrected chi connectivity index (χ2v) is 4.91. The van der Waals surface area contributed by atoms with Gasteiger partial charge < -0.3 is 5.32 Å². The molecule has 2 aromatic rings. The summed E-state index contributed by atoms with van der Waals surface area (Å²) in [6.07, 6.45) is 3.42. The Morgan fingerprint density at radius 3 is 2.72 bits per heavy atom. The monoisotopic (exact) mass is 257 g/mol. The lowest BCUT2D eigenvalue weighted by molar-refractivity contribution is -0.116. The first-order valence-electron chi connectivity index (χ1n) is 5.91. The molecule has 1 heterocycles. The maximum Gasteiger partial charge on any atom is 0.244 e. The van der Waals surface area contributed by atoms with Crippen LogP contribution in [0.5, 0.6) is 0 Å². The third kappa shape index (κ3) is 3.31. The SMILES string of the molecule is CCNC(=O)/C=C/c1ccc(-c2ccccc2)s1. The van der Waals surface area contributed by atoms with E-state index in [2.05, 4.69) is 23.5 Å². The zero-order chi connectivity index (χ0) is 12.8. The first-order valence-corrected chi connectivity index (χ1v) is 6.72. The van der Waals surface area contributed by atoms with Crippen molar-refractivity contribution in [3.05, 3.63) is 53.4 Å². The fraction of sp³-hybridized carbons (Fsp3) is 0.133. The van der Waals surface area contributed by atoms with Crippen LogP contribution in [0.1, 0.15) is 11.8 Å². The topological polar surface area (TPSA) is 29.1 Å². The molecule has 0 saturated heterocycles. The van der Waals surface area contributed by atoms with E-state index >= 15 is 0 Å². The standard InChI is InChI=1S/C15H15NOS/c1-2-16-15(17)11-9-13-8-10-14(18-13)12-6-4-3-5-7-12/h3-11H,2H2,1H3,(H,16,17)/b11-9+. The predicted octanol–water partition coefficient (Wildman–Crippen LogP) is 3.56. The molecule has 0 atom stereocenters. The van der Waals surface area contributed by atoms with Crippen molar-refractivity contribution in [1.29, 1.82) is 0 Å². The van der Waals surface area contributed by atoms with Crippen LogP contribution in [0.15, 0.2) is 48.5 Å². The van der Waals surface area contributed by atoms with Crippen LogP contribution in [0.3, 0.4) is 0 Å².